The zero-order valence-corrected chi connectivity index (χ0v) is 17.6. The molecule has 0 saturated carbocycles. The number of hydrogen-bond acceptors (Lipinski definition) is 5. The van der Waals surface area contributed by atoms with Gasteiger partial charge in [-0.3, -0.25) is 9.36 Å². The molecule has 0 unspecified atom stereocenters. The van der Waals surface area contributed by atoms with Crippen molar-refractivity contribution in [3.8, 4) is 5.75 Å². The van der Waals surface area contributed by atoms with E-state index in [0.717, 1.165) is 14.2 Å². The van der Waals surface area contributed by atoms with E-state index in [0.29, 0.717) is 0 Å². The van der Waals surface area contributed by atoms with Crippen molar-refractivity contribution in [2.75, 3.05) is 20.4 Å². The van der Waals surface area contributed by atoms with Crippen LogP contribution >= 0.6 is 77.2 Å². The molecule has 0 radical (unpaired) electrons. The lowest BCUT2D eigenvalue weighted by Crippen LogP contribution is -2.16. The summed E-state index contributed by atoms with van der Waals surface area (Å²) in [5.41, 5.74) is 0.224. The number of ether oxygens (including phenoxy) is 1. The molecule has 0 fully saturated rings. The fourth-order valence-corrected chi connectivity index (χ4v) is 2.95. The molecule has 1 aromatic carbocycles. The minimum Gasteiger partial charge on any atom is -0.426 e. The summed E-state index contributed by atoms with van der Waals surface area (Å²) in [5, 5.41) is 0. The van der Waals surface area contributed by atoms with Crippen molar-refractivity contribution >= 4 is 83.2 Å². The Labute approximate surface area is 168 Å². The van der Waals surface area contributed by atoms with Crippen molar-refractivity contribution in [2.45, 2.75) is 7.59 Å². The molecule has 0 spiro atoms. The Morgan fingerprint density at radius 1 is 0.958 bits per heavy atom. The van der Waals surface area contributed by atoms with E-state index in [2.05, 4.69) is 9.05 Å². The Hall–Kier alpha value is 0.580. The zero-order chi connectivity index (χ0) is 18.8. The first-order valence-corrected chi connectivity index (χ1v) is 10.0. The minimum atomic E-state index is -3.59. The predicted molar refractivity (Wildman–Crippen MR) is 97.0 cm³/mol. The maximum Gasteiger partial charge on any atom is 0.341 e. The van der Waals surface area contributed by atoms with Crippen molar-refractivity contribution in [2.24, 2.45) is 0 Å². The number of halogens is 6. The van der Waals surface area contributed by atoms with E-state index in [1.54, 1.807) is 0 Å². The van der Waals surface area contributed by atoms with Crippen molar-refractivity contribution in [3.63, 3.8) is 0 Å². The second kappa shape index (κ2) is 8.51. The van der Waals surface area contributed by atoms with Gasteiger partial charge in [-0.25, -0.2) is 0 Å². The van der Waals surface area contributed by atoms with Gasteiger partial charge in [0.2, 0.25) is 7.59 Å². The molecule has 0 atom stereocenters. The van der Waals surface area contributed by atoms with E-state index < -0.39 is 27.3 Å². The van der Waals surface area contributed by atoms with Gasteiger partial charge in [0.05, 0.1) is 0 Å². The molecule has 0 aliphatic heterocycles. The molecule has 0 amide bonds. The number of carbonyl (C=O) groups excluding carboxylic acids is 1. The van der Waals surface area contributed by atoms with Gasteiger partial charge in [-0.15, -0.1) is 0 Å². The summed E-state index contributed by atoms with van der Waals surface area (Å²) in [6.07, 6.45) is -0.624. The number of benzene rings is 1. The first-order valence-electron chi connectivity index (χ1n) is 6.01. The largest absolute Gasteiger partial charge is 0.426 e. The smallest absolute Gasteiger partial charge is 0.341 e. The Kier molecular flexibility index (Phi) is 8.02. The second-order valence-corrected chi connectivity index (χ2v) is 11.2. The second-order valence-electron chi connectivity index (χ2n) is 4.35. The van der Waals surface area contributed by atoms with Gasteiger partial charge in [0.25, 0.3) is 0 Å². The third-order valence-electron chi connectivity index (χ3n) is 2.67. The number of hydrogen-bond donors (Lipinski definition) is 0. The molecule has 0 heterocycles. The van der Waals surface area contributed by atoms with Crippen LogP contribution in [0.15, 0.2) is 18.2 Å². The molecular weight excluding hydrogens is 468 g/mol. The molecule has 1 rings (SSSR count). The van der Waals surface area contributed by atoms with Gasteiger partial charge in [-0.05, 0) is 18.2 Å². The normalized spacial score (nSPS) is 13.0. The van der Waals surface area contributed by atoms with Gasteiger partial charge in [0.15, 0.2) is 0 Å². The number of rotatable bonds is 5. The molecule has 12 heteroatoms. The van der Waals surface area contributed by atoms with Crippen LogP contribution in [0.3, 0.4) is 0 Å². The highest BCUT2D eigenvalue weighted by atomic mass is 35.6. The van der Waals surface area contributed by atoms with Crippen LogP contribution in [0.2, 0.25) is 0 Å². The summed E-state index contributed by atoms with van der Waals surface area (Å²) in [4.78, 5) is 11.9. The number of esters is 1. The van der Waals surface area contributed by atoms with Crippen LogP contribution in [0.4, 0.5) is 0 Å². The summed E-state index contributed by atoms with van der Waals surface area (Å²) in [6.45, 7) is 0. The maximum absolute atomic E-state index is 11.9. The molecule has 1 aromatic rings. The fourth-order valence-electron chi connectivity index (χ4n) is 1.51. The summed E-state index contributed by atoms with van der Waals surface area (Å²) >= 11 is 34.9. The summed E-state index contributed by atoms with van der Waals surface area (Å²) < 4.78 is 22.6. The van der Waals surface area contributed by atoms with Crippen LogP contribution in [0.1, 0.15) is 11.1 Å². The fraction of sp³-hybridized carbons (Fsp3) is 0.417. The highest BCUT2D eigenvalue weighted by Gasteiger charge is 2.31. The van der Waals surface area contributed by atoms with Crippen LogP contribution in [-0.2, 0) is 26.0 Å². The van der Waals surface area contributed by atoms with E-state index in [9.17, 15) is 9.36 Å². The molecule has 0 N–H and O–H groups in total. The van der Waals surface area contributed by atoms with Crippen LogP contribution < -0.4 is 4.74 Å². The Balaban J connectivity index is 3.15. The molecule has 136 valence electrons. The maximum atomic E-state index is 11.9. The van der Waals surface area contributed by atoms with Gasteiger partial charge in [0, 0.05) is 25.3 Å². The first kappa shape index (κ1) is 22.6. The van der Waals surface area contributed by atoms with Crippen molar-refractivity contribution < 1.29 is 23.1 Å². The molecule has 24 heavy (non-hydrogen) atoms. The average Bonchev–Trinajstić information content (AvgIpc) is 2.44. The van der Waals surface area contributed by atoms with Gasteiger partial charge in [-0.2, -0.15) is 0 Å². The molecule has 0 aliphatic rings. The van der Waals surface area contributed by atoms with Crippen LogP contribution in [-0.4, -0.2) is 26.4 Å². The van der Waals surface area contributed by atoms with Crippen molar-refractivity contribution in [1.29, 1.82) is 0 Å². The zero-order valence-electron chi connectivity index (χ0n) is 12.2. The molecule has 5 nitrogen and oxygen atoms in total. The highest BCUT2D eigenvalue weighted by Crippen LogP contribution is 2.47. The lowest BCUT2D eigenvalue weighted by atomic mass is 10.1. The average molecular weight is 479 g/mol. The summed E-state index contributed by atoms with van der Waals surface area (Å²) in [7, 11) is -1.31. The third kappa shape index (κ3) is 6.71. The standard InChI is InChI=1S/C12H11Cl6O5P/c1-21-24(20,22-2)6-10(19)23-9-4-7(11(13,14)15)3-8(5-9)12(16,17)18/h3-5H,6H2,1-2H3. The Bertz CT molecular complexity index is 614. The highest BCUT2D eigenvalue weighted by molar-refractivity contribution is 7.54. The molecule has 0 aromatic heterocycles. The molecule has 0 aliphatic carbocycles. The van der Waals surface area contributed by atoms with E-state index in [1.165, 1.54) is 18.2 Å². The first-order chi connectivity index (χ1) is 10.8. The van der Waals surface area contributed by atoms with Gasteiger partial charge >= 0.3 is 13.6 Å². The topological polar surface area (TPSA) is 61.8 Å². The minimum absolute atomic E-state index is 0.0658. The molecule has 0 saturated heterocycles. The summed E-state index contributed by atoms with van der Waals surface area (Å²) in [5.74, 6) is -0.970. The SMILES string of the molecule is COP(=O)(CC(=O)Oc1cc(C(Cl)(Cl)Cl)cc(C(Cl)(Cl)Cl)c1)OC. The lowest BCUT2D eigenvalue weighted by molar-refractivity contribution is -0.131. The predicted octanol–water partition coefficient (Wildman–Crippen LogP) is 5.73. The number of carbonyl (C=O) groups is 1. The summed E-state index contributed by atoms with van der Waals surface area (Å²) in [6, 6.07) is 3.89. The molecule has 0 bridgehead atoms. The third-order valence-corrected chi connectivity index (χ3v) is 5.74. The van der Waals surface area contributed by atoms with E-state index in [1.807, 2.05) is 0 Å². The Morgan fingerprint density at radius 3 is 1.71 bits per heavy atom. The Morgan fingerprint density at radius 2 is 1.38 bits per heavy atom. The van der Waals surface area contributed by atoms with Gasteiger partial charge in [-0.1, -0.05) is 69.6 Å². The van der Waals surface area contributed by atoms with Crippen molar-refractivity contribution in [1.82, 2.24) is 0 Å². The molecular formula is C12H11Cl6O5P. The van der Waals surface area contributed by atoms with E-state index in [-0.39, 0.29) is 16.9 Å². The van der Waals surface area contributed by atoms with E-state index >= 15 is 0 Å². The monoisotopic (exact) mass is 476 g/mol. The van der Waals surface area contributed by atoms with E-state index in [4.69, 9.17) is 74.3 Å². The van der Waals surface area contributed by atoms with Crippen molar-refractivity contribution in [3.05, 3.63) is 29.3 Å². The van der Waals surface area contributed by atoms with Crippen LogP contribution in [0.25, 0.3) is 0 Å². The van der Waals surface area contributed by atoms with Gasteiger partial charge in [0.1, 0.15) is 11.9 Å². The quantitative estimate of drug-likeness (QED) is 0.234. The number of alkyl halides is 6. The lowest BCUT2D eigenvalue weighted by Gasteiger charge is -2.19. The van der Waals surface area contributed by atoms with Gasteiger partial charge < -0.3 is 13.8 Å². The van der Waals surface area contributed by atoms with Crippen LogP contribution in [0, 0.1) is 0 Å². The van der Waals surface area contributed by atoms with Crippen LogP contribution in [0.5, 0.6) is 5.75 Å².